The van der Waals surface area contributed by atoms with Crippen LogP contribution in [0.2, 0.25) is 0 Å². The number of carbonyl (C=O) groups excluding carboxylic acids is 1. The number of likely N-dealkylation sites (N-methyl/N-ethyl adjacent to an activating group) is 1. The number of hydrogen-bond acceptors (Lipinski definition) is 5. The van der Waals surface area contributed by atoms with Crippen molar-refractivity contribution in [3.8, 4) is 0 Å². The molecule has 1 atom stereocenters. The summed E-state index contributed by atoms with van der Waals surface area (Å²) in [5, 5.41) is 10.5. The molecule has 0 spiro atoms. The molecule has 2 saturated heterocycles. The summed E-state index contributed by atoms with van der Waals surface area (Å²) in [4.78, 5) is 19.0. The van der Waals surface area contributed by atoms with E-state index >= 15 is 0 Å². The van der Waals surface area contributed by atoms with E-state index in [4.69, 9.17) is 4.42 Å². The Kier molecular flexibility index (Phi) is 4.49. The van der Waals surface area contributed by atoms with Gasteiger partial charge in [0.1, 0.15) is 5.76 Å². The first kappa shape index (κ1) is 17.5. The largest absolute Gasteiger partial charge is 0.455 e. The van der Waals surface area contributed by atoms with Crippen LogP contribution < -0.4 is 0 Å². The minimum atomic E-state index is -0.877. The highest BCUT2D eigenvalue weighted by atomic mass is 16.4. The van der Waals surface area contributed by atoms with Crippen LogP contribution >= 0.6 is 0 Å². The Balaban J connectivity index is 1.62. The summed E-state index contributed by atoms with van der Waals surface area (Å²) in [5.74, 6) is 1.06. The van der Waals surface area contributed by atoms with Crippen molar-refractivity contribution < 1.29 is 14.3 Å². The average molecular weight is 335 g/mol. The number of rotatable bonds is 3. The van der Waals surface area contributed by atoms with Crippen molar-refractivity contribution in [1.29, 1.82) is 0 Å². The van der Waals surface area contributed by atoms with Gasteiger partial charge in [-0.05, 0) is 26.1 Å². The third-order valence-electron chi connectivity index (χ3n) is 5.68. The molecule has 6 nitrogen and oxygen atoms in total. The van der Waals surface area contributed by atoms with Gasteiger partial charge in [0.05, 0.1) is 18.7 Å². The standard InChI is InChI=1S/C18H29N3O3/c1-17(2)12-21(13-18(17,3)23)16(22)15-6-5-14(24-15)11-20-9-7-19(4)8-10-20/h5-6,23H,7-13H2,1-4H3/t18-/m0/s1. The van der Waals surface area contributed by atoms with Gasteiger partial charge in [0, 0.05) is 38.1 Å². The molecule has 1 aromatic rings. The van der Waals surface area contributed by atoms with Crippen LogP contribution in [-0.2, 0) is 6.54 Å². The Labute approximate surface area is 144 Å². The molecule has 24 heavy (non-hydrogen) atoms. The van der Waals surface area contributed by atoms with E-state index in [0.717, 1.165) is 38.5 Å². The van der Waals surface area contributed by atoms with Gasteiger partial charge < -0.3 is 19.3 Å². The van der Waals surface area contributed by atoms with Crippen molar-refractivity contribution in [2.75, 3.05) is 46.3 Å². The molecule has 2 fully saturated rings. The summed E-state index contributed by atoms with van der Waals surface area (Å²) in [5.41, 5.74) is -1.20. The summed E-state index contributed by atoms with van der Waals surface area (Å²) >= 11 is 0. The fourth-order valence-corrected chi connectivity index (χ4v) is 3.39. The SMILES string of the molecule is CN1CCN(Cc2ccc(C(=O)N3CC(C)(C)[C@@](C)(O)C3)o2)CC1. The van der Waals surface area contributed by atoms with E-state index < -0.39 is 5.60 Å². The van der Waals surface area contributed by atoms with E-state index in [0.29, 0.717) is 18.8 Å². The van der Waals surface area contributed by atoms with Gasteiger partial charge in [-0.25, -0.2) is 0 Å². The molecule has 0 saturated carbocycles. The van der Waals surface area contributed by atoms with Crippen molar-refractivity contribution in [1.82, 2.24) is 14.7 Å². The second kappa shape index (κ2) is 6.17. The monoisotopic (exact) mass is 335 g/mol. The van der Waals surface area contributed by atoms with Crippen molar-refractivity contribution in [3.63, 3.8) is 0 Å². The number of furan rings is 1. The summed E-state index contributed by atoms with van der Waals surface area (Å²) in [6.07, 6.45) is 0. The molecule has 0 aromatic carbocycles. The molecule has 2 aliphatic heterocycles. The Morgan fingerprint density at radius 2 is 1.83 bits per heavy atom. The van der Waals surface area contributed by atoms with Crippen LogP contribution in [0.4, 0.5) is 0 Å². The summed E-state index contributed by atoms with van der Waals surface area (Å²) in [6.45, 7) is 11.5. The normalized spacial score (nSPS) is 28.5. The number of piperazine rings is 1. The third kappa shape index (κ3) is 3.36. The van der Waals surface area contributed by atoms with E-state index in [1.165, 1.54) is 0 Å². The first-order valence-electron chi connectivity index (χ1n) is 8.69. The summed E-state index contributed by atoms with van der Waals surface area (Å²) in [7, 11) is 2.13. The van der Waals surface area contributed by atoms with E-state index in [1.54, 1.807) is 17.9 Å². The third-order valence-corrected chi connectivity index (χ3v) is 5.68. The minimum Gasteiger partial charge on any atom is -0.455 e. The molecule has 1 N–H and O–H groups in total. The predicted molar refractivity (Wildman–Crippen MR) is 91.8 cm³/mol. The summed E-state index contributed by atoms with van der Waals surface area (Å²) < 4.78 is 5.80. The first-order valence-corrected chi connectivity index (χ1v) is 8.69. The van der Waals surface area contributed by atoms with E-state index in [9.17, 15) is 9.90 Å². The molecular formula is C18H29N3O3. The molecule has 3 heterocycles. The maximum absolute atomic E-state index is 12.7. The van der Waals surface area contributed by atoms with E-state index in [1.807, 2.05) is 19.9 Å². The molecule has 1 aromatic heterocycles. The van der Waals surface area contributed by atoms with Crippen LogP contribution in [0.25, 0.3) is 0 Å². The van der Waals surface area contributed by atoms with Crippen molar-refractivity contribution in [3.05, 3.63) is 23.7 Å². The lowest BCUT2D eigenvalue weighted by Gasteiger charge is -2.31. The van der Waals surface area contributed by atoms with Crippen molar-refractivity contribution in [2.24, 2.45) is 5.41 Å². The van der Waals surface area contributed by atoms with Gasteiger partial charge in [0.2, 0.25) is 0 Å². The van der Waals surface area contributed by atoms with E-state index in [-0.39, 0.29) is 11.3 Å². The fraction of sp³-hybridized carbons (Fsp3) is 0.722. The zero-order valence-electron chi connectivity index (χ0n) is 15.2. The summed E-state index contributed by atoms with van der Waals surface area (Å²) in [6, 6.07) is 3.65. The molecule has 2 aliphatic rings. The van der Waals surface area contributed by atoms with Gasteiger partial charge in [0.25, 0.3) is 5.91 Å². The number of hydrogen-bond donors (Lipinski definition) is 1. The average Bonchev–Trinajstić information content (AvgIpc) is 3.03. The van der Waals surface area contributed by atoms with Crippen LogP contribution in [0, 0.1) is 5.41 Å². The van der Waals surface area contributed by atoms with Gasteiger partial charge in [0.15, 0.2) is 5.76 Å². The lowest BCUT2D eigenvalue weighted by atomic mass is 9.79. The van der Waals surface area contributed by atoms with Gasteiger partial charge >= 0.3 is 0 Å². The Morgan fingerprint density at radius 1 is 1.17 bits per heavy atom. The van der Waals surface area contributed by atoms with Crippen LogP contribution in [0.5, 0.6) is 0 Å². The second-order valence-corrected chi connectivity index (χ2v) is 8.16. The number of carbonyl (C=O) groups is 1. The fourth-order valence-electron chi connectivity index (χ4n) is 3.39. The van der Waals surface area contributed by atoms with Crippen molar-refractivity contribution in [2.45, 2.75) is 32.9 Å². The van der Waals surface area contributed by atoms with Crippen molar-refractivity contribution >= 4 is 5.91 Å². The topological polar surface area (TPSA) is 60.2 Å². The zero-order chi connectivity index (χ0) is 17.5. The number of β-amino-alcohol motifs (C(OH)–C–C–N with tert-alkyl or cyclic N) is 1. The lowest BCUT2D eigenvalue weighted by molar-refractivity contribution is -0.0108. The minimum absolute atomic E-state index is 0.134. The van der Waals surface area contributed by atoms with Crippen LogP contribution in [0.3, 0.4) is 0 Å². The molecule has 0 unspecified atom stereocenters. The number of likely N-dealkylation sites (tertiary alicyclic amines) is 1. The molecule has 6 heteroatoms. The number of nitrogens with zero attached hydrogens (tertiary/aromatic N) is 3. The molecule has 3 rings (SSSR count). The second-order valence-electron chi connectivity index (χ2n) is 8.16. The molecule has 0 aliphatic carbocycles. The maximum Gasteiger partial charge on any atom is 0.289 e. The quantitative estimate of drug-likeness (QED) is 0.901. The lowest BCUT2D eigenvalue weighted by Crippen LogP contribution is -2.43. The molecule has 134 valence electrons. The number of amides is 1. The van der Waals surface area contributed by atoms with Crippen LogP contribution in [-0.4, -0.2) is 77.6 Å². The Hall–Kier alpha value is -1.37. The predicted octanol–water partition coefficient (Wildman–Crippen LogP) is 1.26. The number of aliphatic hydroxyl groups is 1. The van der Waals surface area contributed by atoms with Gasteiger partial charge in [-0.2, -0.15) is 0 Å². The van der Waals surface area contributed by atoms with Crippen LogP contribution in [0.15, 0.2) is 16.5 Å². The molecular weight excluding hydrogens is 306 g/mol. The highest BCUT2D eigenvalue weighted by Crippen LogP contribution is 2.38. The molecule has 0 radical (unpaired) electrons. The highest BCUT2D eigenvalue weighted by molar-refractivity contribution is 5.92. The van der Waals surface area contributed by atoms with Crippen LogP contribution in [0.1, 0.15) is 37.1 Å². The molecule has 0 bridgehead atoms. The molecule has 1 amide bonds. The van der Waals surface area contributed by atoms with E-state index in [2.05, 4.69) is 16.8 Å². The smallest absolute Gasteiger partial charge is 0.289 e. The highest BCUT2D eigenvalue weighted by Gasteiger charge is 2.49. The first-order chi connectivity index (χ1) is 11.2. The van der Waals surface area contributed by atoms with Gasteiger partial charge in [-0.3, -0.25) is 9.69 Å². The maximum atomic E-state index is 12.7. The Morgan fingerprint density at radius 3 is 2.42 bits per heavy atom. The van der Waals surface area contributed by atoms with Gasteiger partial charge in [-0.1, -0.05) is 13.8 Å². The zero-order valence-corrected chi connectivity index (χ0v) is 15.2. The Bertz CT molecular complexity index is 584. The van der Waals surface area contributed by atoms with Gasteiger partial charge in [-0.15, -0.1) is 0 Å².